The zero-order valence-electron chi connectivity index (χ0n) is 17.5. The van der Waals surface area contributed by atoms with E-state index < -0.39 is 5.67 Å². The molecule has 0 saturated heterocycles. The number of hydrogen-bond donors (Lipinski definition) is 0. The summed E-state index contributed by atoms with van der Waals surface area (Å²) in [6, 6.07) is 7.93. The first kappa shape index (κ1) is 19.4. The van der Waals surface area contributed by atoms with Crippen molar-refractivity contribution in [2.24, 2.45) is 0 Å². The van der Waals surface area contributed by atoms with Gasteiger partial charge in [-0.3, -0.25) is 4.68 Å². The standard InChI is InChI=1S/C23H22FN7/c1-15-9-19(18-12-26-30(13-18)14-23(24)6-3-4-7-23)22(28-20(15)11-25)17-5-8-31-21(10-17)27-16(2)29-31/h5,8-10,12-13H,3-4,6-7,14H2,1-2H3. The van der Waals surface area contributed by atoms with Gasteiger partial charge in [0.2, 0.25) is 0 Å². The van der Waals surface area contributed by atoms with Crippen LogP contribution in [0.4, 0.5) is 4.39 Å². The van der Waals surface area contributed by atoms with Crippen molar-refractivity contribution in [1.82, 2.24) is 29.4 Å². The lowest BCUT2D eigenvalue weighted by Gasteiger charge is -2.18. The molecule has 0 bridgehead atoms. The Morgan fingerprint density at radius 1 is 1.16 bits per heavy atom. The lowest BCUT2D eigenvalue weighted by atomic mass is 9.99. The molecule has 1 saturated carbocycles. The number of fused-ring (bicyclic) bond motifs is 1. The van der Waals surface area contributed by atoms with E-state index in [2.05, 4.69) is 26.2 Å². The molecule has 1 aliphatic carbocycles. The predicted molar refractivity (Wildman–Crippen MR) is 114 cm³/mol. The Labute approximate surface area is 179 Å². The Bertz CT molecular complexity index is 1320. The van der Waals surface area contributed by atoms with Gasteiger partial charge in [0, 0.05) is 29.1 Å². The second-order valence-corrected chi connectivity index (χ2v) is 8.32. The number of pyridine rings is 2. The van der Waals surface area contributed by atoms with Crippen LogP contribution in [0.3, 0.4) is 0 Å². The highest BCUT2D eigenvalue weighted by Crippen LogP contribution is 2.36. The van der Waals surface area contributed by atoms with Crippen molar-refractivity contribution in [1.29, 1.82) is 5.26 Å². The molecule has 31 heavy (non-hydrogen) atoms. The second kappa shape index (κ2) is 7.27. The maximum Gasteiger partial charge on any atom is 0.156 e. The van der Waals surface area contributed by atoms with E-state index in [1.165, 1.54) is 0 Å². The molecule has 156 valence electrons. The fourth-order valence-electron chi connectivity index (χ4n) is 4.35. The van der Waals surface area contributed by atoms with Gasteiger partial charge in [0.05, 0.1) is 18.4 Å². The van der Waals surface area contributed by atoms with E-state index in [4.69, 9.17) is 0 Å². The summed E-state index contributed by atoms with van der Waals surface area (Å²) in [5.41, 5.74) is 3.87. The Balaban J connectivity index is 1.60. The molecule has 4 aromatic rings. The van der Waals surface area contributed by atoms with Gasteiger partial charge in [-0.2, -0.15) is 15.5 Å². The van der Waals surface area contributed by atoms with Crippen LogP contribution in [0, 0.1) is 25.2 Å². The van der Waals surface area contributed by atoms with E-state index in [0.29, 0.717) is 35.7 Å². The number of nitriles is 1. The van der Waals surface area contributed by atoms with Gasteiger partial charge >= 0.3 is 0 Å². The van der Waals surface area contributed by atoms with Crippen LogP contribution < -0.4 is 0 Å². The van der Waals surface area contributed by atoms with Crippen LogP contribution in [0.25, 0.3) is 28.0 Å². The van der Waals surface area contributed by atoms with Crippen LogP contribution in [-0.2, 0) is 6.54 Å². The topological polar surface area (TPSA) is 84.7 Å². The molecule has 4 heterocycles. The van der Waals surface area contributed by atoms with Gasteiger partial charge in [0.15, 0.2) is 5.65 Å². The third-order valence-electron chi connectivity index (χ3n) is 5.93. The highest BCUT2D eigenvalue weighted by Gasteiger charge is 2.34. The number of aromatic nitrogens is 6. The molecule has 0 N–H and O–H groups in total. The van der Waals surface area contributed by atoms with E-state index in [1.807, 2.05) is 44.4 Å². The minimum atomic E-state index is -1.18. The van der Waals surface area contributed by atoms with Crippen LogP contribution in [0.2, 0.25) is 0 Å². The normalized spacial score (nSPS) is 15.4. The van der Waals surface area contributed by atoms with Crippen molar-refractivity contribution in [3.63, 3.8) is 0 Å². The van der Waals surface area contributed by atoms with Crippen molar-refractivity contribution >= 4 is 5.65 Å². The van der Waals surface area contributed by atoms with Gasteiger partial charge in [-0.05, 0) is 50.5 Å². The first-order valence-electron chi connectivity index (χ1n) is 10.4. The summed E-state index contributed by atoms with van der Waals surface area (Å²) in [4.78, 5) is 9.08. The summed E-state index contributed by atoms with van der Waals surface area (Å²) in [7, 11) is 0. The maximum absolute atomic E-state index is 14.9. The van der Waals surface area contributed by atoms with Gasteiger partial charge in [0.1, 0.15) is 23.3 Å². The van der Waals surface area contributed by atoms with E-state index in [0.717, 1.165) is 35.1 Å². The number of nitrogens with zero attached hydrogens (tertiary/aromatic N) is 7. The first-order valence-corrected chi connectivity index (χ1v) is 10.4. The van der Waals surface area contributed by atoms with Crippen molar-refractivity contribution < 1.29 is 4.39 Å². The van der Waals surface area contributed by atoms with Crippen molar-refractivity contribution in [2.75, 3.05) is 0 Å². The van der Waals surface area contributed by atoms with Gasteiger partial charge in [-0.15, -0.1) is 0 Å². The molecule has 1 fully saturated rings. The van der Waals surface area contributed by atoms with E-state index in [-0.39, 0.29) is 6.54 Å². The minimum absolute atomic E-state index is 0.260. The van der Waals surface area contributed by atoms with Crippen LogP contribution in [0.1, 0.15) is 42.8 Å². The van der Waals surface area contributed by atoms with Crippen LogP contribution in [-0.4, -0.2) is 35.0 Å². The predicted octanol–water partition coefficient (Wildman–Crippen LogP) is 4.43. The third-order valence-corrected chi connectivity index (χ3v) is 5.93. The number of alkyl halides is 1. The summed E-state index contributed by atoms with van der Waals surface area (Å²) in [5.74, 6) is 0.681. The Hall–Kier alpha value is -3.60. The summed E-state index contributed by atoms with van der Waals surface area (Å²) < 4.78 is 18.3. The molecule has 0 aromatic carbocycles. The fraction of sp³-hybridized carbons (Fsp3) is 0.348. The van der Waals surface area contributed by atoms with Gasteiger partial charge < -0.3 is 0 Å². The molecule has 1 aliphatic rings. The molecule has 0 spiro atoms. The Morgan fingerprint density at radius 3 is 2.74 bits per heavy atom. The second-order valence-electron chi connectivity index (χ2n) is 8.32. The Kier molecular flexibility index (Phi) is 4.54. The summed E-state index contributed by atoms with van der Waals surface area (Å²) >= 11 is 0. The molecule has 8 heteroatoms. The molecule has 0 aliphatic heterocycles. The smallest absolute Gasteiger partial charge is 0.156 e. The zero-order valence-corrected chi connectivity index (χ0v) is 17.5. The number of rotatable bonds is 4. The highest BCUT2D eigenvalue weighted by atomic mass is 19.1. The summed E-state index contributed by atoms with van der Waals surface area (Å²) in [5, 5.41) is 18.3. The lowest BCUT2D eigenvalue weighted by molar-refractivity contribution is 0.139. The minimum Gasteiger partial charge on any atom is -0.269 e. The molecule has 0 amide bonds. The SMILES string of the molecule is Cc1nc2cc(-c3nc(C#N)c(C)cc3-c3cnn(CC4(F)CCCC4)c3)ccn2n1. The fourth-order valence-corrected chi connectivity index (χ4v) is 4.35. The molecular weight excluding hydrogens is 393 g/mol. The third kappa shape index (κ3) is 3.56. The molecular formula is C23H22FN7. The van der Waals surface area contributed by atoms with Crippen LogP contribution >= 0.6 is 0 Å². The number of aryl methyl sites for hydroxylation is 2. The van der Waals surface area contributed by atoms with Crippen molar-refractivity contribution in [3.8, 4) is 28.5 Å². The van der Waals surface area contributed by atoms with Gasteiger partial charge in [-0.25, -0.2) is 18.9 Å². The average Bonchev–Trinajstić information content (AvgIpc) is 3.47. The summed E-state index contributed by atoms with van der Waals surface area (Å²) in [6.07, 6.45) is 8.47. The van der Waals surface area contributed by atoms with Gasteiger partial charge in [0.25, 0.3) is 0 Å². The van der Waals surface area contributed by atoms with E-state index >= 15 is 0 Å². The molecule has 4 aromatic heterocycles. The molecule has 5 rings (SSSR count). The maximum atomic E-state index is 14.9. The average molecular weight is 415 g/mol. The molecule has 7 nitrogen and oxygen atoms in total. The molecule has 0 radical (unpaired) electrons. The zero-order chi connectivity index (χ0) is 21.6. The molecule has 0 unspecified atom stereocenters. The first-order chi connectivity index (χ1) is 14.9. The van der Waals surface area contributed by atoms with E-state index in [1.54, 1.807) is 15.4 Å². The van der Waals surface area contributed by atoms with Crippen molar-refractivity contribution in [2.45, 2.75) is 51.7 Å². The van der Waals surface area contributed by atoms with Crippen molar-refractivity contribution in [3.05, 3.63) is 53.9 Å². The van der Waals surface area contributed by atoms with Crippen LogP contribution in [0.5, 0.6) is 0 Å². The monoisotopic (exact) mass is 415 g/mol. The Morgan fingerprint density at radius 2 is 1.97 bits per heavy atom. The number of hydrogen-bond acceptors (Lipinski definition) is 5. The molecule has 0 atom stereocenters. The quantitative estimate of drug-likeness (QED) is 0.492. The summed E-state index contributed by atoms with van der Waals surface area (Å²) in [6.45, 7) is 3.96. The lowest BCUT2D eigenvalue weighted by Crippen LogP contribution is -2.25. The highest BCUT2D eigenvalue weighted by molar-refractivity contribution is 5.82. The van der Waals surface area contributed by atoms with E-state index in [9.17, 15) is 9.65 Å². The number of halogens is 1. The largest absolute Gasteiger partial charge is 0.269 e. The van der Waals surface area contributed by atoms with Crippen LogP contribution in [0.15, 0.2) is 36.8 Å². The van der Waals surface area contributed by atoms with Gasteiger partial charge in [-0.1, -0.05) is 12.8 Å².